The Morgan fingerprint density at radius 2 is 1.94 bits per heavy atom. The largest absolute Gasteiger partial charge is 0.380 e. The van der Waals surface area contributed by atoms with Crippen LogP contribution in [0.2, 0.25) is 0 Å². The second kappa shape index (κ2) is 4.86. The van der Waals surface area contributed by atoms with E-state index >= 15 is 0 Å². The van der Waals surface area contributed by atoms with Gasteiger partial charge < -0.3 is 5.32 Å². The molecule has 0 aliphatic rings. The fourth-order valence-electron chi connectivity index (χ4n) is 1.31. The minimum Gasteiger partial charge on any atom is -0.380 e. The number of rotatable bonds is 3. The molecule has 0 fully saturated rings. The Kier molecular flexibility index (Phi) is 3.27. The maximum atomic E-state index is 12.9. The van der Waals surface area contributed by atoms with Crippen molar-refractivity contribution in [1.82, 2.24) is 4.98 Å². The molecule has 2 aromatic rings. The molecule has 0 aliphatic heterocycles. The molecule has 1 N–H and O–H groups in total. The summed E-state index contributed by atoms with van der Waals surface area (Å²) in [7, 11) is 0. The maximum Gasteiger partial charge on any atom is 0.223 e. The number of anilines is 1. The van der Waals surface area contributed by atoms with E-state index in [1.165, 1.54) is 18.3 Å². The fraction of sp³-hybridized carbons (Fsp3) is 0.0833. The topological polar surface area (TPSA) is 24.9 Å². The van der Waals surface area contributed by atoms with Gasteiger partial charge in [0.1, 0.15) is 0 Å². The molecule has 1 aromatic carbocycles. The van der Waals surface area contributed by atoms with Crippen molar-refractivity contribution in [2.45, 2.75) is 6.54 Å². The van der Waals surface area contributed by atoms with Crippen molar-refractivity contribution in [1.29, 1.82) is 0 Å². The first-order valence-corrected chi connectivity index (χ1v) is 4.87. The lowest BCUT2D eigenvalue weighted by Gasteiger charge is -2.06. The lowest BCUT2D eigenvalue weighted by Crippen LogP contribution is -2.01. The summed E-state index contributed by atoms with van der Waals surface area (Å²) in [5, 5.41) is 2.82. The molecule has 2 nitrogen and oxygen atoms in total. The number of hydrogen-bond donors (Lipinski definition) is 1. The predicted molar refractivity (Wildman–Crippen MR) is 56.7 cm³/mol. The predicted octanol–water partition coefficient (Wildman–Crippen LogP) is 2.91. The highest BCUT2D eigenvalue weighted by atomic mass is 19.2. The summed E-state index contributed by atoms with van der Waals surface area (Å²) in [5.41, 5.74) is 0.955. The SMILES string of the molecule is Fc1[c]c(NCc2ccc(F)c(F)c2)ccn1. The summed E-state index contributed by atoms with van der Waals surface area (Å²) < 4.78 is 38.2. The number of pyridine rings is 1. The van der Waals surface area contributed by atoms with Gasteiger partial charge in [-0.05, 0) is 23.8 Å². The van der Waals surface area contributed by atoms with Crippen molar-refractivity contribution in [2.75, 3.05) is 5.32 Å². The van der Waals surface area contributed by atoms with Crippen molar-refractivity contribution in [3.8, 4) is 0 Å². The second-order valence-electron chi connectivity index (χ2n) is 3.38. The molecule has 5 heteroatoms. The Bertz CT molecular complexity index is 529. The van der Waals surface area contributed by atoms with E-state index in [1.54, 1.807) is 0 Å². The Morgan fingerprint density at radius 1 is 1.12 bits per heavy atom. The summed E-state index contributed by atoms with van der Waals surface area (Å²) in [4.78, 5) is 3.35. The van der Waals surface area contributed by atoms with Crippen LogP contribution in [0.5, 0.6) is 0 Å². The van der Waals surface area contributed by atoms with Gasteiger partial charge in [0.15, 0.2) is 11.6 Å². The van der Waals surface area contributed by atoms with Crippen LogP contribution in [0.15, 0.2) is 30.5 Å². The highest BCUT2D eigenvalue weighted by Crippen LogP contribution is 2.11. The van der Waals surface area contributed by atoms with Gasteiger partial charge in [-0.15, -0.1) is 0 Å². The molecule has 0 unspecified atom stereocenters. The molecule has 2 rings (SSSR count). The molecular formula is C12H8F3N2. The monoisotopic (exact) mass is 237 g/mol. The van der Waals surface area contributed by atoms with Gasteiger partial charge in [-0.1, -0.05) is 6.07 Å². The Hall–Kier alpha value is -2.04. The van der Waals surface area contributed by atoms with Crippen molar-refractivity contribution < 1.29 is 13.2 Å². The quantitative estimate of drug-likeness (QED) is 0.830. The second-order valence-corrected chi connectivity index (χ2v) is 3.38. The molecule has 0 bridgehead atoms. The number of nitrogens with zero attached hydrogens (tertiary/aromatic N) is 1. The summed E-state index contributed by atoms with van der Waals surface area (Å²) >= 11 is 0. The van der Waals surface area contributed by atoms with Gasteiger partial charge >= 0.3 is 0 Å². The minimum absolute atomic E-state index is 0.247. The van der Waals surface area contributed by atoms with Gasteiger partial charge in [0.2, 0.25) is 5.95 Å². The smallest absolute Gasteiger partial charge is 0.223 e. The number of benzene rings is 1. The molecule has 0 spiro atoms. The molecule has 0 atom stereocenters. The molecule has 1 aromatic heterocycles. The van der Waals surface area contributed by atoms with Gasteiger partial charge in [0.05, 0.1) is 6.07 Å². The van der Waals surface area contributed by atoms with E-state index in [2.05, 4.69) is 16.4 Å². The minimum atomic E-state index is -0.908. The maximum absolute atomic E-state index is 12.9. The molecule has 1 radical (unpaired) electrons. The molecular weight excluding hydrogens is 229 g/mol. The standard InChI is InChI=1S/C12H8F3N2/c13-10-2-1-8(5-11(10)14)7-17-9-3-4-16-12(15)6-9/h1-5H,7H2,(H,16,17). The Morgan fingerprint density at radius 3 is 2.65 bits per heavy atom. The summed E-state index contributed by atoms with van der Waals surface area (Å²) in [5.74, 6) is -2.52. The van der Waals surface area contributed by atoms with Gasteiger partial charge in [0, 0.05) is 18.4 Å². The van der Waals surface area contributed by atoms with E-state index in [-0.39, 0.29) is 6.54 Å². The van der Waals surface area contributed by atoms with Crippen LogP contribution in [0.3, 0.4) is 0 Å². The fourth-order valence-corrected chi connectivity index (χ4v) is 1.31. The van der Waals surface area contributed by atoms with Crippen LogP contribution < -0.4 is 5.32 Å². The van der Waals surface area contributed by atoms with Crippen molar-refractivity contribution in [3.05, 3.63) is 59.7 Å². The molecule has 0 aliphatic carbocycles. The third-order valence-corrected chi connectivity index (χ3v) is 2.13. The van der Waals surface area contributed by atoms with Crippen LogP contribution in [0.1, 0.15) is 5.56 Å². The number of halogens is 3. The first-order valence-electron chi connectivity index (χ1n) is 4.87. The van der Waals surface area contributed by atoms with Gasteiger partial charge in [-0.3, -0.25) is 0 Å². The highest BCUT2D eigenvalue weighted by molar-refractivity contribution is 5.40. The Balaban J connectivity index is 2.05. The zero-order valence-electron chi connectivity index (χ0n) is 8.67. The van der Waals surface area contributed by atoms with E-state index in [9.17, 15) is 13.2 Å². The first kappa shape index (κ1) is 11.4. The van der Waals surface area contributed by atoms with Crippen LogP contribution in [0.25, 0.3) is 0 Å². The van der Waals surface area contributed by atoms with E-state index in [0.29, 0.717) is 11.3 Å². The number of nitrogens with one attached hydrogen (secondary N) is 1. The zero-order chi connectivity index (χ0) is 12.3. The highest BCUT2D eigenvalue weighted by Gasteiger charge is 2.02. The summed E-state index contributed by atoms with van der Waals surface area (Å²) in [6.45, 7) is 0.247. The number of aromatic nitrogens is 1. The van der Waals surface area contributed by atoms with Crippen LogP contribution in [0.4, 0.5) is 18.9 Å². The normalized spacial score (nSPS) is 10.3. The van der Waals surface area contributed by atoms with E-state index in [1.807, 2.05) is 0 Å². The van der Waals surface area contributed by atoms with Crippen molar-refractivity contribution in [2.24, 2.45) is 0 Å². The lowest BCUT2D eigenvalue weighted by atomic mass is 10.2. The van der Waals surface area contributed by atoms with Gasteiger partial charge in [-0.25, -0.2) is 13.8 Å². The average Bonchev–Trinajstić information content (AvgIpc) is 2.31. The van der Waals surface area contributed by atoms with Gasteiger partial charge in [-0.2, -0.15) is 4.39 Å². The molecule has 17 heavy (non-hydrogen) atoms. The zero-order valence-corrected chi connectivity index (χ0v) is 8.67. The molecule has 0 amide bonds. The first-order chi connectivity index (χ1) is 8.15. The molecule has 0 saturated carbocycles. The molecule has 1 heterocycles. The van der Waals surface area contributed by atoms with E-state index in [0.717, 1.165) is 12.1 Å². The summed E-state index contributed by atoms with van der Waals surface area (Å²) in [6.07, 6.45) is 1.29. The van der Waals surface area contributed by atoms with Crippen molar-refractivity contribution >= 4 is 5.69 Å². The third kappa shape index (κ3) is 2.96. The average molecular weight is 237 g/mol. The Labute approximate surface area is 96.1 Å². The van der Waals surface area contributed by atoms with E-state index in [4.69, 9.17) is 0 Å². The lowest BCUT2D eigenvalue weighted by molar-refractivity contribution is 0.507. The van der Waals surface area contributed by atoms with Gasteiger partial charge in [0.25, 0.3) is 0 Å². The van der Waals surface area contributed by atoms with Crippen LogP contribution in [-0.2, 0) is 6.54 Å². The summed E-state index contributed by atoms with van der Waals surface area (Å²) in [6, 6.07) is 7.45. The van der Waals surface area contributed by atoms with Crippen molar-refractivity contribution in [3.63, 3.8) is 0 Å². The van der Waals surface area contributed by atoms with E-state index < -0.39 is 17.6 Å². The van der Waals surface area contributed by atoms with Crippen LogP contribution >= 0.6 is 0 Å². The third-order valence-electron chi connectivity index (χ3n) is 2.13. The molecule has 0 saturated heterocycles. The van der Waals surface area contributed by atoms with Crippen LogP contribution in [-0.4, -0.2) is 4.98 Å². The molecule has 87 valence electrons. The van der Waals surface area contributed by atoms with Crippen LogP contribution in [0, 0.1) is 23.6 Å². The number of hydrogen-bond acceptors (Lipinski definition) is 2.